The van der Waals surface area contributed by atoms with Gasteiger partial charge in [0.05, 0.1) is 13.2 Å². The van der Waals surface area contributed by atoms with Crippen LogP contribution < -0.4 is 20.1 Å². The molecule has 0 spiro atoms. The predicted molar refractivity (Wildman–Crippen MR) is 108 cm³/mol. The first-order valence-corrected chi connectivity index (χ1v) is 8.08. The Hall–Kier alpha value is -1.18. The Morgan fingerprint density at radius 1 is 1.00 bits per heavy atom. The smallest absolute Gasteiger partial charge is 0.190 e. The molecule has 0 saturated carbocycles. The number of guanidine groups is 1. The Morgan fingerprint density at radius 3 is 2.26 bits per heavy atom. The zero-order chi connectivity index (χ0) is 16.2. The second-order valence-electron chi connectivity index (χ2n) is 4.82. The summed E-state index contributed by atoms with van der Waals surface area (Å²) in [6, 6.07) is 6.11. The van der Waals surface area contributed by atoms with Crippen LogP contribution >= 0.6 is 24.0 Å². The van der Waals surface area contributed by atoms with Gasteiger partial charge in [-0.1, -0.05) is 13.0 Å². The quantitative estimate of drug-likeness (QED) is 0.355. The number of aliphatic imine (C=N–C) groups is 1. The van der Waals surface area contributed by atoms with Crippen LogP contribution in [0.4, 0.5) is 0 Å². The van der Waals surface area contributed by atoms with Crippen LogP contribution in [0.25, 0.3) is 0 Å². The first-order valence-electron chi connectivity index (χ1n) is 8.08. The summed E-state index contributed by atoms with van der Waals surface area (Å²) in [5.74, 6) is 2.47. The molecule has 1 rings (SSSR count). The molecule has 0 aliphatic heterocycles. The summed E-state index contributed by atoms with van der Waals surface area (Å²) in [5, 5.41) is 6.57. The zero-order valence-corrected chi connectivity index (χ0v) is 17.0. The van der Waals surface area contributed by atoms with E-state index in [0.29, 0.717) is 13.2 Å². The third-order valence-electron chi connectivity index (χ3n) is 3.08. The second-order valence-corrected chi connectivity index (χ2v) is 4.82. The fourth-order valence-electron chi connectivity index (χ4n) is 2.04. The maximum absolute atomic E-state index is 5.65. The SMILES string of the molecule is CCCNC(=NC)NCCc1ccc(OCC)c(OCC)c1.I. The van der Waals surface area contributed by atoms with Crippen LogP contribution in [-0.2, 0) is 6.42 Å². The van der Waals surface area contributed by atoms with Gasteiger partial charge in [-0.05, 0) is 44.4 Å². The second kappa shape index (κ2) is 13.3. The number of hydrogen-bond acceptors (Lipinski definition) is 3. The van der Waals surface area contributed by atoms with Gasteiger partial charge in [0.25, 0.3) is 0 Å². The fraction of sp³-hybridized carbons (Fsp3) is 0.588. The number of ether oxygens (including phenoxy) is 2. The summed E-state index contributed by atoms with van der Waals surface area (Å²) < 4.78 is 11.2. The van der Waals surface area contributed by atoms with Gasteiger partial charge in [0.15, 0.2) is 17.5 Å². The normalized spacial score (nSPS) is 10.7. The minimum atomic E-state index is 0. The van der Waals surface area contributed by atoms with E-state index in [0.717, 1.165) is 43.4 Å². The molecule has 0 aliphatic rings. The predicted octanol–water partition coefficient (Wildman–Crippen LogP) is 3.22. The van der Waals surface area contributed by atoms with Crippen molar-refractivity contribution in [2.45, 2.75) is 33.6 Å². The van der Waals surface area contributed by atoms with Gasteiger partial charge in [0.1, 0.15) is 0 Å². The molecule has 23 heavy (non-hydrogen) atoms. The maximum atomic E-state index is 5.65. The lowest BCUT2D eigenvalue weighted by Crippen LogP contribution is -2.38. The molecule has 2 N–H and O–H groups in total. The Balaban J connectivity index is 0.00000484. The summed E-state index contributed by atoms with van der Waals surface area (Å²) in [6.45, 7) is 9.11. The van der Waals surface area contributed by atoms with E-state index in [1.165, 1.54) is 5.56 Å². The van der Waals surface area contributed by atoms with Crippen molar-refractivity contribution in [3.63, 3.8) is 0 Å². The van der Waals surface area contributed by atoms with E-state index in [2.05, 4.69) is 34.7 Å². The molecule has 0 heterocycles. The van der Waals surface area contributed by atoms with Gasteiger partial charge in [-0.2, -0.15) is 0 Å². The van der Waals surface area contributed by atoms with Crippen molar-refractivity contribution in [2.75, 3.05) is 33.4 Å². The lowest BCUT2D eigenvalue weighted by atomic mass is 10.1. The van der Waals surface area contributed by atoms with E-state index < -0.39 is 0 Å². The fourth-order valence-corrected chi connectivity index (χ4v) is 2.04. The Bertz CT molecular complexity index is 467. The molecule has 0 saturated heterocycles. The van der Waals surface area contributed by atoms with E-state index >= 15 is 0 Å². The number of nitrogens with one attached hydrogen (secondary N) is 2. The minimum absolute atomic E-state index is 0. The standard InChI is InChI=1S/C17H29N3O2.HI/c1-5-11-19-17(18-4)20-12-10-14-8-9-15(21-6-2)16(13-14)22-7-3;/h8-9,13H,5-7,10-12H2,1-4H3,(H2,18,19,20);1H. The summed E-state index contributed by atoms with van der Waals surface area (Å²) >= 11 is 0. The summed E-state index contributed by atoms with van der Waals surface area (Å²) in [4.78, 5) is 4.19. The first-order chi connectivity index (χ1) is 10.7. The number of hydrogen-bond donors (Lipinski definition) is 2. The van der Waals surface area contributed by atoms with E-state index in [4.69, 9.17) is 9.47 Å². The van der Waals surface area contributed by atoms with Crippen LogP contribution in [0, 0.1) is 0 Å². The van der Waals surface area contributed by atoms with E-state index in [1.54, 1.807) is 7.05 Å². The molecule has 132 valence electrons. The maximum Gasteiger partial charge on any atom is 0.190 e. The topological polar surface area (TPSA) is 54.9 Å². The third kappa shape index (κ3) is 8.29. The molecule has 1 aromatic rings. The molecule has 0 fully saturated rings. The average Bonchev–Trinajstić information content (AvgIpc) is 2.53. The van der Waals surface area contributed by atoms with Crippen LogP contribution in [0.2, 0.25) is 0 Å². The van der Waals surface area contributed by atoms with Gasteiger partial charge in [0.2, 0.25) is 0 Å². The zero-order valence-electron chi connectivity index (χ0n) is 14.6. The van der Waals surface area contributed by atoms with Crippen molar-refractivity contribution >= 4 is 29.9 Å². The lowest BCUT2D eigenvalue weighted by Gasteiger charge is -2.14. The van der Waals surface area contributed by atoms with Crippen molar-refractivity contribution < 1.29 is 9.47 Å². The number of nitrogens with zero attached hydrogens (tertiary/aromatic N) is 1. The van der Waals surface area contributed by atoms with Crippen LogP contribution in [0.3, 0.4) is 0 Å². The van der Waals surface area contributed by atoms with Gasteiger partial charge in [-0.25, -0.2) is 0 Å². The molecule has 1 aromatic carbocycles. The summed E-state index contributed by atoms with van der Waals surface area (Å²) in [7, 11) is 1.79. The van der Waals surface area contributed by atoms with Gasteiger partial charge in [0, 0.05) is 20.1 Å². The molecule has 0 aliphatic carbocycles. The lowest BCUT2D eigenvalue weighted by molar-refractivity contribution is 0.287. The molecule has 0 atom stereocenters. The molecular weight excluding hydrogens is 405 g/mol. The van der Waals surface area contributed by atoms with Crippen molar-refractivity contribution in [1.29, 1.82) is 0 Å². The molecular formula is C17H30IN3O2. The van der Waals surface area contributed by atoms with E-state index in [-0.39, 0.29) is 24.0 Å². The van der Waals surface area contributed by atoms with Crippen LogP contribution in [0.15, 0.2) is 23.2 Å². The van der Waals surface area contributed by atoms with Gasteiger partial charge in [-0.3, -0.25) is 4.99 Å². The van der Waals surface area contributed by atoms with Crippen LogP contribution in [-0.4, -0.2) is 39.3 Å². The van der Waals surface area contributed by atoms with Crippen molar-refractivity contribution in [1.82, 2.24) is 10.6 Å². The molecule has 0 bridgehead atoms. The molecule has 6 heteroatoms. The molecule has 0 unspecified atom stereocenters. The van der Waals surface area contributed by atoms with Crippen molar-refractivity contribution in [3.8, 4) is 11.5 Å². The highest BCUT2D eigenvalue weighted by Gasteiger charge is 2.06. The van der Waals surface area contributed by atoms with Crippen molar-refractivity contribution in [3.05, 3.63) is 23.8 Å². The average molecular weight is 435 g/mol. The van der Waals surface area contributed by atoms with Crippen LogP contribution in [0.1, 0.15) is 32.8 Å². The van der Waals surface area contributed by atoms with E-state index in [1.807, 2.05) is 19.9 Å². The molecule has 0 aromatic heterocycles. The Morgan fingerprint density at radius 2 is 1.65 bits per heavy atom. The van der Waals surface area contributed by atoms with Gasteiger partial charge >= 0.3 is 0 Å². The van der Waals surface area contributed by atoms with Gasteiger partial charge < -0.3 is 20.1 Å². The molecule has 0 amide bonds. The first kappa shape index (κ1) is 21.8. The summed E-state index contributed by atoms with van der Waals surface area (Å²) in [6.07, 6.45) is 1.98. The number of rotatable bonds is 9. The highest BCUT2D eigenvalue weighted by Crippen LogP contribution is 2.28. The van der Waals surface area contributed by atoms with E-state index in [9.17, 15) is 0 Å². The molecule has 0 radical (unpaired) electrons. The number of benzene rings is 1. The highest BCUT2D eigenvalue weighted by molar-refractivity contribution is 14.0. The van der Waals surface area contributed by atoms with Crippen LogP contribution in [0.5, 0.6) is 11.5 Å². The largest absolute Gasteiger partial charge is 0.490 e. The number of halogens is 1. The summed E-state index contributed by atoms with van der Waals surface area (Å²) in [5.41, 5.74) is 1.21. The Labute approximate surface area is 157 Å². The van der Waals surface area contributed by atoms with Gasteiger partial charge in [-0.15, -0.1) is 24.0 Å². The monoisotopic (exact) mass is 435 g/mol. The minimum Gasteiger partial charge on any atom is -0.490 e. The third-order valence-corrected chi connectivity index (χ3v) is 3.08. The Kier molecular flexibility index (Phi) is 12.6. The highest BCUT2D eigenvalue weighted by atomic mass is 127. The van der Waals surface area contributed by atoms with Crippen molar-refractivity contribution in [2.24, 2.45) is 4.99 Å². The molecule has 5 nitrogen and oxygen atoms in total.